The van der Waals surface area contributed by atoms with E-state index in [2.05, 4.69) is 52.9 Å². The molecule has 0 unspecified atom stereocenters. The van der Waals surface area contributed by atoms with Crippen molar-refractivity contribution in [2.75, 3.05) is 13.1 Å². The number of hydrogen-bond donors (Lipinski definition) is 1. The van der Waals surface area contributed by atoms with Gasteiger partial charge in [0.05, 0.1) is 0 Å². The Hall–Kier alpha value is -1.03. The van der Waals surface area contributed by atoms with Crippen molar-refractivity contribution in [3.63, 3.8) is 0 Å². The van der Waals surface area contributed by atoms with E-state index in [-0.39, 0.29) is 12.4 Å². The molecule has 0 aliphatic heterocycles. The molecule has 0 atom stereocenters. The molecule has 114 valence electrons. The number of nitrogens with zero attached hydrogens (tertiary/aromatic N) is 1. The maximum Gasteiger partial charge on any atom is 0.121 e. The number of halogens is 2. The van der Waals surface area contributed by atoms with Crippen LogP contribution in [0.2, 0.25) is 0 Å². The lowest BCUT2D eigenvalue weighted by molar-refractivity contribution is 0.291. The highest BCUT2D eigenvalue weighted by Gasteiger charge is 2.11. The molecule has 0 bridgehead atoms. The third kappa shape index (κ3) is 4.47. The van der Waals surface area contributed by atoms with Crippen LogP contribution in [0.5, 0.6) is 5.75 Å². The van der Waals surface area contributed by atoms with Gasteiger partial charge in [-0.3, -0.25) is 4.90 Å². The summed E-state index contributed by atoms with van der Waals surface area (Å²) in [7, 11) is 0. The zero-order valence-electron chi connectivity index (χ0n) is 12.3. The van der Waals surface area contributed by atoms with Crippen LogP contribution in [-0.2, 0) is 6.54 Å². The second-order valence-electron chi connectivity index (χ2n) is 4.79. The second kappa shape index (κ2) is 8.42. The molecule has 0 radical (unpaired) electrons. The Bertz CT molecular complexity index is 571. The average Bonchev–Trinajstić information content (AvgIpc) is 2.47. The highest BCUT2D eigenvalue weighted by Crippen LogP contribution is 2.34. The monoisotopic (exact) mass is 369 g/mol. The fraction of sp³-hybridized carbons (Fsp3) is 0.294. The minimum absolute atomic E-state index is 0. The summed E-state index contributed by atoms with van der Waals surface area (Å²) >= 11 is 3.54. The molecule has 0 fully saturated rings. The molecule has 0 spiro atoms. The largest absolute Gasteiger partial charge is 0.508 e. The number of aromatic hydroxyl groups is 1. The van der Waals surface area contributed by atoms with Crippen molar-refractivity contribution in [1.82, 2.24) is 4.90 Å². The molecule has 2 rings (SSSR count). The van der Waals surface area contributed by atoms with Crippen molar-refractivity contribution < 1.29 is 5.11 Å². The Morgan fingerprint density at radius 2 is 1.67 bits per heavy atom. The zero-order chi connectivity index (χ0) is 14.5. The first-order chi connectivity index (χ1) is 9.65. The van der Waals surface area contributed by atoms with Crippen LogP contribution >= 0.6 is 28.3 Å². The van der Waals surface area contributed by atoms with Gasteiger partial charge in [-0.05, 0) is 36.3 Å². The summed E-state index contributed by atoms with van der Waals surface area (Å²) in [6, 6.07) is 14.1. The SMILES string of the molecule is CCN(CC)Cc1cc(-c2ccccc2)c(Br)cc1O.Cl. The van der Waals surface area contributed by atoms with E-state index in [0.29, 0.717) is 5.75 Å². The van der Waals surface area contributed by atoms with Crippen LogP contribution in [0.15, 0.2) is 46.9 Å². The predicted molar refractivity (Wildman–Crippen MR) is 95.1 cm³/mol. The van der Waals surface area contributed by atoms with E-state index >= 15 is 0 Å². The molecular formula is C17H21BrClNO. The Morgan fingerprint density at radius 3 is 2.24 bits per heavy atom. The molecule has 0 heterocycles. The number of phenols is 1. The van der Waals surface area contributed by atoms with Crippen LogP contribution in [0.1, 0.15) is 19.4 Å². The van der Waals surface area contributed by atoms with E-state index in [0.717, 1.165) is 40.8 Å². The zero-order valence-corrected chi connectivity index (χ0v) is 14.7. The highest BCUT2D eigenvalue weighted by atomic mass is 79.9. The molecule has 4 heteroatoms. The van der Waals surface area contributed by atoms with E-state index in [1.165, 1.54) is 0 Å². The van der Waals surface area contributed by atoms with Gasteiger partial charge in [-0.1, -0.05) is 60.1 Å². The third-order valence-electron chi connectivity index (χ3n) is 3.54. The quantitative estimate of drug-likeness (QED) is 0.793. The van der Waals surface area contributed by atoms with Crippen molar-refractivity contribution >= 4 is 28.3 Å². The van der Waals surface area contributed by atoms with E-state index in [9.17, 15) is 5.11 Å². The summed E-state index contributed by atoms with van der Waals surface area (Å²) in [6.45, 7) is 7.00. The number of hydrogen-bond acceptors (Lipinski definition) is 2. The number of phenolic OH excluding ortho intramolecular Hbond substituents is 1. The van der Waals surface area contributed by atoms with Gasteiger partial charge in [0.15, 0.2) is 0 Å². The molecule has 0 saturated carbocycles. The maximum atomic E-state index is 10.1. The van der Waals surface area contributed by atoms with Gasteiger partial charge in [-0.15, -0.1) is 12.4 Å². The van der Waals surface area contributed by atoms with Crippen LogP contribution in [0.4, 0.5) is 0 Å². The van der Waals surface area contributed by atoms with E-state index < -0.39 is 0 Å². The third-order valence-corrected chi connectivity index (χ3v) is 4.20. The molecule has 2 nitrogen and oxygen atoms in total. The number of benzene rings is 2. The van der Waals surface area contributed by atoms with Gasteiger partial charge in [0.2, 0.25) is 0 Å². The van der Waals surface area contributed by atoms with Crippen LogP contribution < -0.4 is 0 Å². The topological polar surface area (TPSA) is 23.5 Å². The van der Waals surface area contributed by atoms with Crippen molar-refractivity contribution in [2.24, 2.45) is 0 Å². The molecule has 0 amide bonds. The lowest BCUT2D eigenvalue weighted by Gasteiger charge is -2.19. The fourth-order valence-electron chi connectivity index (χ4n) is 2.26. The summed E-state index contributed by atoms with van der Waals surface area (Å²) in [6.07, 6.45) is 0. The highest BCUT2D eigenvalue weighted by molar-refractivity contribution is 9.10. The smallest absolute Gasteiger partial charge is 0.121 e. The standard InChI is InChI=1S/C17H20BrNO.ClH/c1-3-19(4-2)12-14-10-15(16(18)11-17(14)20)13-8-6-5-7-9-13;/h5-11,20H,3-4,12H2,1-2H3;1H. The Morgan fingerprint density at radius 1 is 1.05 bits per heavy atom. The minimum atomic E-state index is 0. The Labute approximate surface area is 141 Å². The lowest BCUT2D eigenvalue weighted by Crippen LogP contribution is -2.22. The Balaban J connectivity index is 0.00000220. The first kappa shape index (κ1) is 18.0. The van der Waals surface area contributed by atoms with E-state index in [4.69, 9.17) is 0 Å². The van der Waals surface area contributed by atoms with Crippen LogP contribution in [0.3, 0.4) is 0 Å². The molecule has 0 aliphatic carbocycles. The molecule has 1 N–H and O–H groups in total. The van der Waals surface area contributed by atoms with Gasteiger partial charge >= 0.3 is 0 Å². The van der Waals surface area contributed by atoms with Gasteiger partial charge in [-0.25, -0.2) is 0 Å². The molecule has 2 aromatic carbocycles. The van der Waals surface area contributed by atoms with Crippen molar-refractivity contribution in [2.45, 2.75) is 20.4 Å². The van der Waals surface area contributed by atoms with Gasteiger partial charge in [0.1, 0.15) is 5.75 Å². The molecule has 0 aliphatic rings. The summed E-state index contributed by atoms with van der Waals surface area (Å²) in [5.74, 6) is 0.350. The average molecular weight is 371 g/mol. The summed E-state index contributed by atoms with van der Waals surface area (Å²) in [4.78, 5) is 2.29. The first-order valence-corrected chi connectivity index (χ1v) is 7.74. The predicted octanol–water partition coefficient (Wildman–Crippen LogP) is 5.09. The molecule has 2 aromatic rings. The molecule has 0 saturated heterocycles. The fourth-order valence-corrected chi connectivity index (χ4v) is 2.82. The number of rotatable bonds is 5. The molecular weight excluding hydrogens is 350 g/mol. The van der Waals surface area contributed by atoms with Gasteiger partial charge in [0, 0.05) is 16.6 Å². The van der Waals surface area contributed by atoms with Crippen molar-refractivity contribution in [3.05, 3.63) is 52.5 Å². The summed E-state index contributed by atoms with van der Waals surface area (Å²) in [5.41, 5.74) is 3.24. The van der Waals surface area contributed by atoms with E-state index in [1.807, 2.05) is 18.2 Å². The second-order valence-corrected chi connectivity index (χ2v) is 5.64. The summed E-state index contributed by atoms with van der Waals surface area (Å²) < 4.78 is 0.921. The molecule has 0 aromatic heterocycles. The summed E-state index contributed by atoms with van der Waals surface area (Å²) in [5, 5.41) is 10.1. The Kier molecular flexibility index (Phi) is 7.23. The van der Waals surface area contributed by atoms with Gasteiger partial charge in [-0.2, -0.15) is 0 Å². The van der Waals surface area contributed by atoms with Crippen LogP contribution in [-0.4, -0.2) is 23.1 Å². The normalized spacial score (nSPS) is 10.5. The van der Waals surface area contributed by atoms with Gasteiger partial charge in [0.25, 0.3) is 0 Å². The van der Waals surface area contributed by atoms with Gasteiger partial charge < -0.3 is 5.11 Å². The van der Waals surface area contributed by atoms with Crippen LogP contribution in [0, 0.1) is 0 Å². The maximum absolute atomic E-state index is 10.1. The minimum Gasteiger partial charge on any atom is -0.508 e. The van der Waals surface area contributed by atoms with Crippen LogP contribution in [0.25, 0.3) is 11.1 Å². The van der Waals surface area contributed by atoms with Crippen molar-refractivity contribution in [1.29, 1.82) is 0 Å². The first-order valence-electron chi connectivity index (χ1n) is 6.94. The lowest BCUT2D eigenvalue weighted by atomic mass is 10.0. The van der Waals surface area contributed by atoms with Crippen molar-refractivity contribution in [3.8, 4) is 16.9 Å². The molecule has 21 heavy (non-hydrogen) atoms. The van der Waals surface area contributed by atoms with E-state index in [1.54, 1.807) is 6.07 Å².